The number of rotatable bonds is 4. The van der Waals surface area contributed by atoms with Crippen molar-refractivity contribution in [2.75, 3.05) is 13.7 Å². The first-order valence-corrected chi connectivity index (χ1v) is 2.95. The second-order valence-corrected chi connectivity index (χ2v) is 1.71. The maximum absolute atomic E-state index is 10.6. The van der Waals surface area contributed by atoms with E-state index in [0.29, 0.717) is 13.0 Å². The lowest BCUT2D eigenvalue weighted by atomic mass is 10.3. The molecule has 2 heteroatoms. The maximum atomic E-state index is 10.6. The molecule has 0 unspecified atom stereocenters. The van der Waals surface area contributed by atoms with Gasteiger partial charge in [-0.1, -0.05) is 6.08 Å². The Kier molecular flexibility index (Phi) is 5.12. The third kappa shape index (κ3) is 5.24. The average Bonchev–Trinajstić information content (AvgIpc) is 1.85. The molecule has 52 valence electrons. The van der Waals surface area contributed by atoms with Gasteiger partial charge in [-0.25, -0.2) is 0 Å². The fraction of sp³-hybridized carbons (Fsp3) is 0.571. The van der Waals surface area contributed by atoms with Crippen LogP contribution in [0.1, 0.15) is 13.3 Å². The Morgan fingerprint density at radius 1 is 1.67 bits per heavy atom. The minimum Gasteiger partial charge on any atom is -0.384 e. The first-order chi connectivity index (χ1) is 4.31. The Hall–Kier alpha value is -0.630. The molecule has 0 heterocycles. The number of ketones is 1. The summed E-state index contributed by atoms with van der Waals surface area (Å²) < 4.78 is 4.70. The van der Waals surface area contributed by atoms with Gasteiger partial charge in [-0.2, -0.15) is 0 Å². The predicted octanol–water partition coefficient (Wildman–Crippen LogP) is 1.17. The molecular weight excluding hydrogens is 116 g/mol. The molecule has 0 aliphatic rings. The van der Waals surface area contributed by atoms with Gasteiger partial charge in [-0.05, 0) is 13.0 Å². The van der Waals surface area contributed by atoms with Gasteiger partial charge in [0.1, 0.15) is 0 Å². The number of ether oxygens (including phenoxy) is 1. The van der Waals surface area contributed by atoms with Gasteiger partial charge in [0.05, 0.1) is 6.61 Å². The molecule has 0 amide bonds. The molecule has 0 saturated heterocycles. The van der Waals surface area contributed by atoms with Crippen molar-refractivity contribution >= 4 is 5.78 Å². The van der Waals surface area contributed by atoms with Gasteiger partial charge in [0.15, 0.2) is 5.78 Å². The van der Waals surface area contributed by atoms with Crippen LogP contribution >= 0.6 is 0 Å². The van der Waals surface area contributed by atoms with Crippen LogP contribution < -0.4 is 0 Å². The van der Waals surface area contributed by atoms with Crippen LogP contribution in [0.3, 0.4) is 0 Å². The zero-order chi connectivity index (χ0) is 7.11. The topological polar surface area (TPSA) is 26.3 Å². The number of carbonyl (C=O) groups excluding carboxylic acids is 1. The van der Waals surface area contributed by atoms with Crippen molar-refractivity contribution in [3.63, 3.8) is 0 Å². The van der Waals surface area contributed by atoms with Crippen molar-refractivity contribution in [2.45, 2.75) is 13.3 Å². The van der Waals surface area contributed by atoms with E-state index in [1.54, 1.807) is 19.3 Å². The Labute approximate surface area is 55.5 Å². The van der Waals surface area contributed by atoms with Crippen LogP contribution in [0.2, 0.25) is 0 Å². The summed E-state index contributed by atoms with van der Waals surface area (Å²) >= 11 is 0. The van der Waals surface area contributed by atoms with Crippen molar-refractivity contribution in [1.29, 1.82) is 0 Å². The lowest BCUT2D eigenvalue weighted by Gasteiger charge is -1.91. The zero-order valence-electron chi connectivity index (χ0n) is 5.89. The third-order valence-electron chi connectivity index (χ3n) is 0.905. The van der Waals surface area contributed by atoms with E-state index in [1.807, 2.05) is 6.92 Å². The molecule has 9 heavy (non-hydrogen) atoms. The highest BCUT2D eigenvalue weighted by molar-refractivity contribution is 5.89. The van der Waals surface area contributed by atoms with E-state index in [0.717, 1.165) is 0 Å². The molecular formula is C7H12O2. The highest BCUT2D eigenvalue weighted by Crippen LogP contribution is 1.84. The Morgan fingerprint density at radius 3 is 2.78 bits per heavy atom. The molecule has 0 N–H and O–H groups in total. The van der Waals surface area contributed by atoms with Crippen molar-refractivity contribution in [2.24, 2.45) is 0 Å². The van der Waals surface area contributed by atoms with Crippen molar-refractivity contribution in [3.8, 4) is 0 Å². The Bertz CT molecular complexity index is 105. The zero-order valence-corrected chi connectivity index (χ0v) is 5.89. The van der Waals surface area contributed by atoms with Crippen LogP contribution in [0.25, 0.3) is 0 Å². The van der Waals surface area contributed by atoms with E-state index in [9.17, 15) is 4.79 Å². The number of hydrogen-bond acceptors (Lipinski definition) is 2. The molecule has 0 radical (unpaired) electrons. The van der Waals surface area contributed by atoms with E-state index in [-0.39, 0.29) is 5.78 Å². The second-order valence-electron chi connectivity index (χ2n) is 1.71. The maximum Gasteiger partial charge on any atom is 0.157 e. The second kappa shape index (κ2) is 5.51. The smallest absolute Gasteiger partial charge is 0.157 e. The molecule has 0 aromatic heterocycles. The summed E-state index contributed by atoms with van der Waals surface area (Å²) in [6.07, 6.45) is 3.78. The summed E-state index contributed by atoms with van der Waals surface area (Å²) in [5.74, 6) is 0.124. The molecule has 0 aliphatic heterocycles. The quantitative estimate of drug-likeness (QED) is 0.531. The highest BCUT2D eigenvalue weighted by atomic mass is 16.5. The highest BCUT2D eigenvalue weighted by Gasteiger charge is 1.92. The van der Waals surface area contributed by atoms with Gasteiger partial charge in [-0.15, -0.1) is 0 Å². The summed E-state index contributed by atoms with van der Waals surface area (Å²) in [6, 6.07) is 0. The molecule has 0 aromatic rings. The lowest BCUT2D eigenvalue weighted by molar-refractivity contribution is -0.115. The summed E-state index contributed by atoms with van der Waals surface area (Å²) in [6.45, 7) is 2.34. The molecule has 0 atom stereocenters. The van der Waals surface area contributed by atoms with Crippen molar-refractivity contribution < 1.29 is 9.53 Å². The van der Waals surface area contributed by atoms with Crippen LogP contribution in [0.4, 0.5) is 0 Å². The normalized spacial score (nSPS) is 10.4. The van der Waals surface area contributed by atoms with Crippen molar-refractivity contribution in [3.05, 3.63) is 12.2 Å². The molecule has 0 spiro atoms. The lowest BCUT2D eigenvalue weighted by Crippen LogP contribution is -1.97. The van der Waals surface area contributed by atoms with Crippen molar-refractivity contribution in [1.82, 2.24) is 0 Å². The standard InChI is InChI=1S/C7H12O2/c1-3-4-7(8)5-6-9-2/h3-4H,5-6H2,1-2H3/b4-3+. The number of hydrogen-bond donors (Lipinski definition) is 0. The SMILES string of the molecule is C/C=C/C(=O)CCOC. The summed E-state index contributed by atoms with van der Waals surface area (Å²) in [5, 5.41) is 0. The van der Waals surface area contributed by atoms with Crippen LogP contribution in [-0.2, 0) is 9.53 Å². The van der Waals surface area contributed by atoms with Crippen LogP contribution in [0, 0.1) is 0 Å². The molecule has 0 aliphatic carbocycles. The predicted molar refractivity (Wildman–Crippen MR) is 36.3 cm³/mol. The Morgan fingerprint density at radius 2 is 2.33 bits per heavy atom. The minimum absolute atomic E-state index is 0.124. The van der Waals surface area contributed by atoms with Crippen LogP contribution in [-0.4, -0.2) is 19.5 Å². The largest absolute Gasteiger partial charge is 0.384 e. The first-order valence-electron chi connectivity index (χ1n) is 2.95. The van der Waals surface area contributed by atoms with Crippen LogP contribution in [0.15, 0.2) is 12.2 Å². The number of allylic oxidation sites excluding steroid dienone is 2. The van der Waals surface area contributed by atoms with Gasteiger partial charge in [0.2, 0.25) is 0 Å². The average molecular weight is 128 g/mol. The summed E-state index contributed by atoms with van der Waals surface area (Å²) in [7, 11) is 1.59. The van der Waals surface area contributed by atoms with Crippen LogP contribution in [0.5, 0.6) is 0 Å². The molecule has 0 bridgehead atoms. The van der Waals surface area contributed by atoms with E-state index in [4.69, 9.17) is 4.74 Å². The van der Waals surface area contributed by atoms with Gasteiger partial charge in [0.25, 0.3) is 0 Å². The third-order valence-corrected chi connectivity index (χ3v) is 0.905. The number of carbonyl (C=O) groups is 1. The summed E-state index contributed by atoms with van der Waals surface area (Å²) in [5.41, 5.74) is 0. The first kappa shape index (κ1) is 8.37. The van der Waals surface area contributed by atoms with Gasteiger partial charge < -0.3 is 4.74 Å². The van der Waals surface area contributed by atoms with Gasteiger partial charge in [-0.3, -0.25) is 4.79 Å². The fourth-order valence-corrected chi connectivity index (χ4v) is 0.472. The number of methoxy groups -OCH3 is 1. The molecule has 0 saturated carbocycles. The van der Waals surface area contributed by atoms with Gasteiger partial charge >= 0.3 is 0 Å². The molecule has 2 nitrogen and oxygen atoms in total. The Balaban J connectivity index is 3.27. The van der Waals surface area contributed by atoms with E-state index in [2.05, 4.69) is 0 Å². The molecule has 0 fully saturated rings. The molecule has 0 rings (SSSR count). The molecule has 0 aromatic carbocycles. The fourth-order valence-electron chi connectivity index (χ4n) is 0.472. The van der Waals surface area contributed by atoms with E-state index in [1.165, 1.54) is 0 Å². The monoisotopic (exact) mass is 128 g/mol. The minimum atomic E-state index is 0.124. The van der Waals surface area contributed by atoms with Gasteiger partial charge in [0, 0.05) is 13.5 Å². The van der Waals surface area contributed by atoms with E-state index >= 15 is 0 Å². The summed E-state index contributed by atoms with van der Waals surface area (Å²) in [4.78, 5) is 10.6. The van der Waals surface area contributed by atoms with E-state index < -0.39 is 0 Å².